The number of ether oxygens (including phenoxy) is 1. The molecular weight excluding hydrogens is 306 g/mol. The average Bonchev–Trinajstić information content (AvgIpc) is 2.86. The number of aryl methyl sites for hydroxylation is 1. The number of hydrogen-bond donors (Lipinski definition) is 1. The van der Waals surface area contributed by atoms with Gasteiger partial charge in [0.15, 0.2) is 0 Å². The van der Waals surface area contributed by atoms with Gasteiger partial charge in [0, 0.05) is 57.4 Å². The molecule has 7 heteroatoms. The fraction of sp³-hybridized carbons (Fsp3) is 0.765. The number of nitrogens with zero attached hydrogens (tertiary/aromatic N) is 4. The molecule has 1 amide bonds. The molecule has 3 heterocycles. The molecule has 1 aromatic heterocycles. The summed E-state index contributed by atoms with van der Waals surface area (Å²) >= 11 is 0. The zero-order chi connectivity index (χ0) is 17.0. The van der Waals surface area contributed by atoms with E-state index >= 15 is 0 Å². The van der Waals surface area contributed by atoms with Gasteiger partial charge in [-0.05, 0) is 19.4 Å². The van der Waals surface area contributed by atoms with Crippen LogP contribution in [0.2, 0.25) is 0 Å². The highest BCUT2D eigenvalue weighted by atomic mass is 16.5. The lowest BCUT2D eigenvalue weighted by Crippen LogP contribution is -2.51. The van der Waals surface area contributed by atoms with E-state index in [9.17, 15) is 4.79 Å². The van der Waals surface area contributed by atoms with Crippen LogP contribution in [0.1, 0.15) is 18.4 Å². The van der Waals surface area contributed by atoms with Gasteiger partial charge in [-0.2, -0.15) is 5.10 Å². The summed E-state index contributed by atoms with van der Waals surface area (Å²) in [4.78, 5) is 16.5. The van der Waals surface area contributed by atoms with E-state index < -0.39 is 0 Å². The number of aromatic nitrogens is 2. The lowest BCUT2D eigenvalue weighted by atomic mass is 9.80. The molecule has 0 saturated carbocycles. The summed E-state index contributed by atoms with van der Waals surface area (Å²) in [5, 5.41) is 6.99. The highest BCUT2D eigenvalue weighted by Crippen LogP contribution is 2.33. The van der Waals surface area contributed by atoms with Crippen molar-refractivity contribution in [1.82, 2.24) is 24.9 Å². The molecule has 7 nitrogen and oxygen atoms in total. The second-order valence-electron chi connectivity index (χ2n) is 7.27. The summed E-state index contributed by atoms with van der Waals surface area (Å²) in [6.07, 6.45) is 6.38. The average molecular weight is 335 g/mol. The van der Waals surface area contributed by atoms with E-state index in [0.717, 1.165) is 39.3 Å². The van der Waals surface area contributed by atoms with Crippen molar-refractivity contribution in [1.29, 1.82) is 0 Å². The van der Waals surface area contributed by atoms with Crippen LogP contribution in [-0.4, -0.2) is 78.5 Å². The Kier molecular flexibility index (Phi) is 5.53. The lowest BCUT2D eigenvalue weighted by Gasteiger charge is -2.43. The van der Waals surface area contributed by atoms with Gasteiger partial charge >= 0.3 is 0 Å². The zero-order valence-corrected chi connectivity index (χ0v) is 14.8. The van der Waals surface area contributed by atoms with E-state index in [1.54, 1.807) is 7.05 Å². The number of rotatable bonds is 4. The smallest absolute Gasteiger partial charge is 0.233 e. The predicted molar refractivity (Wildman–Crippen MR) is 91.5 cm³/mol. The van der Waals surface area contributed by atoms with Crippen molar-refractivity contribution in [2.45, 2.75) is 19.4 Å². The molecule has 0 unspecified atom stereocenters. The molecule has 134 valence electrons. The van der Waals surface area contributed by atoms with Crippen LogP contribution in [0.4, 0.5) is 0 Å². The van der Waals surface area contributed by atoms with E-state index in [2.05, 4.69) is 26.4 Å². The van der Waals surface area contributed by atoms with Crippen LogP contribution in [0, 0.1) is 5.41 Å². The fourth-order valence-electron chi connectivity index (χ4n) is 4.00. The summed E-state index contributed by atoms with van der Waals surface area (Å²) in [5.41, 5.74) is 1.39. The molecule has 0 radical (unpaired) electrons. The molecule has 1 aromatic rings. The third-order valence-electron chi connectivity index (χ3n) is 5.07. The van der Waals surface area contributed by atoms with Crippen molar-refractivity contribution in [3.63, 3.8) is 0 Å². The van der Waals surface area contributed by atoms with Gasteiger partial charge in [0.25, 0.3) is 0 Å². The van der Waals surface area contributed by atoms with Gasteiger partial charge in [-0.1, -0.05) is 0 Å². The van der Waals surface area contributed by atoms with Crippen LogP contribution in [-0.2, 0) is 23.1 Å². The molecular formula is C17H29N5O2. The molecule has 0 aromatic carbocycles. The normalized spacial score (nSPS) is 26.4. The molecule has 24 heavy (non-hydrogen) atoms. The monoisotopic (exact) mass is 335 g/mol. The minimum atomic E-state index is 0.0788. The largest absolute Gasteiger partial charge is 0.379 e. The molecule has 1 N–H and O–H groups in total. The van der Waals surface area contributed by atoms with Crippen LogP contribution in [0.15, 0.2) is 12.4 Å². The summed E-state index contributed by atoms with van der Waals surface area (Å²) in [6, 6.07) is 0. The van der Waals surface area contributed by atoms with Crippen LogP contribution in [0.5, 0.6) is 0 Å². The molecule has 1 atom stereocenters. The molecule has 2 aliphatic heterocycles. The third-order valence-corrected chi connectivity index (χ3v) is 5.07. The number of likely N-dealkylation sites (tertiary alicyclic amines) is 1. The number of piperidine rings is 1. The maximum absolute atomic E-state index is 11.8. The number of carbonyl (C=O) groups is 1. The Labute approximate surface area is 143 Å². The van der Waals surface area contributed by atoms with Gasteiger partial charge in [-0.15, -0.1) is 0 Å². The Morgan fingerprint density at radius 1 is 1.38 bits per heavy atom. The van der Waals surface area contributed by atoms with Crippen molar-refractivity contribution in [3.8, 4) is 0 Å². The number of likely N-dealkylation sites (N-methyl/N-ethyl adjacent to an activating group) is 1. The summed E-state index contributed by atoms with van der Waals surface area (Å²) in [5.74, 6) is 0.0788. The zero-order valence-electron chi connectivity index (χ0n) is 14.8. The lowest BCUT2D eigenvalue weighted by molar-refractivity contribution is -0.122. The van der Waals surface area contributed by atoms with Crippen molar-refractivity contribution in [2.24, 2.45) is 12.5 Å². The standard InChI is InChI=1S/C17H29N5O2/c1-18-16(23)11-22-6-7-24-14-17(13-22)4-3-5-21(12-17)10-15-8-19-20(2)9-15/h8-9H,3-7,10-14H2,1-2H3,(H,18,23)/t17-/m0/s1. The second kappa shape index (κ2) is 7.63. The minimum Gasteiger partial charge on any atom is -0.379 e. The van der Waals surface area contributed by atoms with Gasteiger partial charge in [-0.3, -0.25) is 19.3 Å². The Balaban J connectivity index is 1.64. The van der Waals surface area contributed by atoms with E-state index in [0.29, 0.717) is 13.2 Å². The number of amides is 1. The first-order valence-electron chi connectivity index (χ1n) is 8.79. The Morgan fingerprint density at radius 2 is 2.21 bits per heavy atom. The highest BCUT2D eigenvalue weighted by molar-refractivity contribution is 5.77. The van der Waals surface area contributed by atoms with Crippen LogP contribution < -0.4 is 5.32 Å². The second-order valence-corrected chi connectivity index (χ2v) is 7.27. The first kappa shape index (κ1) is 17.4. The van der Waals surface area contributed by atoms with E-state index in [4.69, 9.17) is 4.74 Å². The fourth-order valence-corrected chi connectivity index (χ4v) is 4.00. The molecule has 0 bridgehead atoms. The van der Waals surface area contributed by atoms with Gasteiger partial charge < -0.3 is 10.1 Å². The van der Waals surface area contributed by atoms with Crippen molar-refractivity contribution in [2.75, 3.05) is 53.0 Å². The molecule has 3 rings (SSSR count). The molecule has 2 fully saturated rings. The molecule has 1 spiro atoms. The van der Waals surface area contributed by atoms with Gasteiger partial charge in [0.05, 0.1) is 26.0 Å². The number of nitrogens with one attached hydrogen (secondary N) is 1. The molecule has 0 aliphatic carbocycles. The Morgan fingerprint density at radius 3 is 2.96 bits per heavy atom. The van der Waals surface area contributed by atoms with Crippen LogP contribution in [0.25, 0.3) is 0 Å². The number of hydrogen-bond acceptors (Lipinski definition) is 5. The van der Waals surface area contributed by atoms with Gasteiger partial charge in [0.1, 0.15) is 0 Å². The summed E-state index contributed by atoms with van der Waals surface area (Å²) in [6.45, 7) is 6.80. The Hall–Kier alpha value is -1.44. The third kappa shape index (κ3) is 4.34. The molecule has 2 saturated heterocycles. The quantitative estimate of drug-likeness (QED) is 0.844. The number of carbonyl (C=O) groups excluding carboxylic acids is 1. The maximum atomic E-state index is 11.8. The topological polar surface area (TPSA) is 62.6 Å². The minimum absolute atomic E-state index is 0.0788. The molecule has 2 aliphatic rings. The Bertz CT molecular complexity index is 561. The van der Waals surface area contributed by atoms with E-state index in [1.165, 1.54) is 18.4 Å². The van der Waals surface area contributed by atoms with Crippen molar-refractivity contribution >= 4 is 5.91 Å². The highest BCUT2D eigenvalue weighted by Gasteiger charge is 2.39. The maximum Gasteiger partial charge on any atom is 0.233 e. The van der Waals surface area contributed by atoms with Crippen molar-refractivity contribution < 1.29 is 9.53 Å². The van der Waals surface area contributed by atoms with Crippen LogP contribution in [0.3, 0.4) is 0 Å². The summed E-state index contributed by atoms with van der Waals surface area (Å²) in [7, 11) is 3.65. The van der Waals surface area contributed by atoms with E-state index in [-0.39, 0.29) is 11.3 Å². The SMILES string of the molecule is CNC(=O)CN1CCOC[C@]2(CCCN(Cc3cnn(C)c3)C2)C1. The predicted octanol–water partition coefficient (Wildman–Crippen LogP) is 0.0805. The first-order valence-corrected chi connectivity index (χ1v) is 8.79. The van der Waals surface area contributed by atoms with Gasteiger partial charge in [-0.25, -0.2) is 0 Å². The van der Waals surface area contributed by atoms with Crippen molar-refractivity contribution in [3.05, 3.63) is 18.0 Å². The summed E-state index contributed by atoms with van der Waals surface area (Å²) < 4.78 is 7.78. The van der Waals surface area contributed by atoms with Crippen LogP contribution >= 0.6 is 0 Å². The first-order chi connectivity index (χ1) is 11.6. The van der Waals surface area contributed by atoms with E-state index in [1.807, 2.05) is 17.9 Å². The van der Waals surface area contributed by atoms with Gasteiger partial charge in [0.2, 0.25) is 5.91 Å².